The lowest BCUT2D eigenvalue weighted by molar-refractivity contribution is 0.789. The molecule has 0 saturated carbocycles. The summed E-state index contributed by atoms with van der Waals surface area (Å²) in [6.45, 7) is 11.1. The van der Waals surface area contributed by atoms with Gasteiger partial charge >= 0.3 is 0 Å². The molecule has 0 atom stereocenters. The molecule has 0 unspecified atom stereocenters. The molecular formula is C14H22N2. The van der Waals surface area contributed by atoms with Gasteiger partial charge in [-0.25, -0.2) is 0 Å². The van der Waals surface area contributed by atoms with E-state index in [1.165, 1.54) is 22.5 Å². The van der Waals surface area contributed by atoms with E-state index in [9.17, 15) is 0 Å². The minimum absolute atomic E-state index is 0.589. The number of fused-ring (bicyclic) bond motifs is 1. The summed E-state index contributed by atoms with van der Waals surface area (Å²) in [6, 6.07) is 4.64. The van der Waals surface area contributed by atoms with Crippen LogP contribution >= 0.6 is 0 Å². The Bertz CT molecular complexity index is 344. The van der Waals surface area contributed by atoms with Gasteiger partial charge in [-0.15, -0.1) is 0 Å². The number of benzene rings is 1. The van der Waals surface area contributed by atoms with Crippen LogP contribution in [0.1, 0.15) is 50.7 Å². The van der Waals surface area contributed by atoms with Crippen molar-refractivity contribution in [3.05, 3.63) is 23.3 Å². The highest BCUT2D eigenvalue weighted by Crippen LogP contribution is 2.35. The Kier molecular flexibility index (Phi) is 3.08. The second-order valence-corrected chi connectivity index (χ2v) is 5.19. The Morgan fingerprint density at radius 2 is 1.19 bits per heavy atom. The molecule has 1 aromatic carbocycles. The standard InChI is InChI=1S/C14H22N2/c1-9(2)11-7-13-14(16-6-5-15-13)8-12(11)10(3)4/h7-10,15-16H,5-6H2,1-4H3. The Morgan fingerprint density at radius 1 is 0.812 bits per heavy atom. The fraction of sp³-hybridized carbons (Fsp3) is 0.571. The lowest BCUT2D eigenvalue weighted by Crippen LogP contribution is -2.21. The first-order valence-electron chi connectivity index (χ1n) is 6.25. The summed E-state index contributed by atoms with van der Waals surface area (Å²) in [5.41, 5.74) is 5.48. The van der Waals surface area contributed by atoms with E-state index in [1.807, 2.05) is 0 Å². The molecule has 0 aromatic heterocycles. The van der Waals surface area contributed by atoms with E-state index in [2.05, 4.69) is 50.5 Å². The summed E-state index contributed by atoms with van der Waals surface area (Å²) in [5, 5.41) is 6.92. The van der Waals surface area contributed by atoms with Crippen molar-refractivity contribution in [2.75, 3.05) is 23.7 Å². The van der Waals surface area contributed by atoms with E-state index >= 15 is 0 Å². The maximum atomic E-state index is 3.46. The number of hydrogen-bond acceptors (Lipinski definition) is 2. The first kappa shape index (κ1) is 11.3. The molecule has 0 radical (unpaired) electrons. The molecule has 1 aliphatic heterocycles. The second-order valence-electron chi connectivity index (χ2n) is 5.19. The summed E-state index contributed by atoms with van der Waals surface area (Å²) in [5.74, 6) is 1.18. The van der Waals surface area contributed by atoms with Gasteiger partial charge < -0.3 is 10.6 Å². The Labute approximate surface area is 98.4 Å². The van der Waals surface area contributed by atoms with Gasteiger partial charge in [-0.3, -0.25) is 0 Å². The zero-order valence-electron chi connectivity index (χ0n) is 10.7. The van der Waals surface area contributed by atoms with Crippen molar-refractivity contribution in [2.24, 2.45) is 0 Å². The van der Waals surface area contributed by atoms with Gasteiger partial charge in [0, 0.05) is 13.1 Å². The molecular weight excluding hydrogens is 196 g/mol. The van der Waals surface area contributed by atoms with Crippen LogP contribution in [0.3, 0.4) is 0 Å². The van der Waals surface area contributed by atoms with E-state index in [1.54, 1.807) is 0 Å². The van der Waals surface area contributed by atoms with Crippen molar-refractivity contribution in [3.63, 3.8) is 0 Å². The van der Waals surface area contributed by atoms with Gasteiger partial charge in [0.25, 0.3) is 0 Å². The number of nitrogens with one attached hydrogen (secondary N) is 2. The van der Waals surface area contributed by atoms with Gasteiger partial charge in [0.15, 0.2) is 0 Å². The third-order valence-electron chi connectivity index (χ3n) is 3.22. The number of rotatable bonds is 2. The zero-order chi connectivity index (χ0) is 11.7. The highest BCUT2D eigenvalue weighted by atomic mass is 15.0. The molecule has 0 fully saturated rings. The highest BCUT2D eigenvalue weighted by molar-refractivity contribution is 5.73. The monoisotopic (exact) mass is 218 g/mol. The second kappa shape index (κ2) is 4.36. The van der Waals surface area contributed by atoms with E-state index in [-0.39, 0.29) is 0 Å². The first-order valence-corrected chi connectivity index (χ1v) is 6.25. The Morgan fingerprint density at radius 3 is 1.50 bits per heavy atom. The molecule has 0 bridgehead atoms. The first-order chi connectivity index (χ1) is 7.59. The maximum Gasteiger partial charge on any atom is 0.0579 e. The Balaban J connectivity index is 2.50. The van der Waals surface area contributed by atoms with Gasteiger partial charge in [0.2, 0.25) is 0 Å². The van der Waals surface area contributed by atoms with Crippen molar-refractivity contribution in [2.45, 2.75) is 39.5 Å². The summed E-state index contributed by atoms with van der Waals surface area (Å²) < 4.78 is 0. The van der Waals surface area contributed by atoms with Gasteiger partial charge in [-0.2, -0.15) is 0 Å². The average molecular weight is 218 g/mol. The lowest BCUT2D eigenvalue weighted by atomic mass is 9.89. The van der Waals surface area contributed by atoms with Crippen LogP contribution in [0, 0.1) is 0 Å². The Hall–Kier alpha value is -1.18. The third kappa shape index (κ3) is 2.01. The predicted octanol–water partition coefficient (Wildman–Crippen LogP) is 3.77. The summed E-state index contributed by atoms with van der Waals surface area (Å²) in [6.07, 6.45) is 0. The van der Waals surface area contributed by atoms with E-state index in [0.717, 1.165) is 13.1 Å². The van der Waals surface area contributed by atoms with E-state index in [4.69, 9.17) is 0 Å². The SMILES string of the molecule is CC(C)c1cc2c(cc1C(C)C)NCCN2. The molecule has 0 spiro atoms. The van der Waals surface area contributed by atoms with E-state index in [0.29, 0.717) is 11.8 Å². The average Bonchev–Trinajstić information content (AvgIpc) is 2.27. The van der Waals surface area contributed by atoms with Crippen molar-refractivity contribution in [3.8, 4) is 0 Å². The fourth-order valence-electron chi connectivity index (χ4n) is 2.32. The lowest BCUT2D eigenvalue weighted by Gasteiger charge is -2.25. The molecule has 2 nitrogen and oxygen atoms in total. The van der Waals surface area contributed by atoms with E-state index < -0.39 is 0 Å². The molecule has 1 aliphatic rings. The zero-order valence-corrected chi connectivity index (χ0v) is 10.7. The molecule has 2 heteroatoms. The summed E-state index contributed by atoms with van der Waals surface area (Å²) in [7, 11) is 0. The quantitative estimate of drug-likeness (QED) is 0.789. The van der Waals surface area contributed by atoms with Crippen LogP contribution in [0.5, 0.6) is 0 Å². The maximum absolute atomic E-state index is 3.46. The predicted molar refractivity (Wildman–Crippen MR) is 71.6 cm³/mol. The van der Waals surface area contributed by atoms with Crippen LogP contribution in [-0.2, 0) is 0 Å². The third-order valence-corrected chi connectivity index (χ3v) is 3.22. The smallest absolute Gasteiger partial charge is 0.0579 e. The van der Waals surface area contributed by atoms with Crippen LogP contribution in [0.15, 0.2) is 12.1 Å². The summed E-state index contributed by atoms with van der Waals surface area (Å²) >= 11 is 0. The highest BCUT2D eigenvalue weighted by Gasteiger charge is 2.16. The fourth-order valence-corrected chi connectivity index (χ4v) is 2.32. The number of anilines is 2. The molecule has 2 N–H and O–H groups in total. The van der Waals surface area contributed by atoms with Gasteiger partial charge in [0.1, 0.15) is 0 Å². The summed E-state index contributed by atoms with van der Waals surface area (Å²) in [4.78, 5) is 0. The van der Waals surface area contributed by atoms with Crippen molar-refractivity contribution < 1.29 is 0 Å². The largest absolute Gasteiger partial charge is 0.382 e. The minimum Gasteiger partial charge on any atom is -0.382 e. The van der Waals surface area contributed by atoms with Crippen LogP contribution in [-0.4, -0.2) is 13.1 Å². The normalized spacial score (nSPS) is 14.6. The van der Waals surface area contributed by atoms with Gasteiger partial charge in [-0.05, 0) is 35.1 Å². The van der Waals surface area contributed by atoms with Crippen LogP contribution < -0.4 is 10.6 Å². The minimum atomic E-state index is 0.589. The topological polar surface area (TPSA) is 24.1 Å². The molecule has 1 aromatic rings. The van der Waals surface area contributed by atoms with Crippen molar-refractivity contribution in [1.82, 2.24) is 0 Å². The van der Waals surface area contributed by atoms with Crippen LogP contribution in [0.25, 0.3) is 0 Å². The molecule has 0 aliphatic carbocycles. The van der Waals surface area contributed by atoms with Crippen LogP contribution in [0.4, 0.5) is 11.4 Å². The van der Waals surface area contributed by atoms with Crippen LogP contribution in [0.2, 0.25) is 0 Å². The van der Waals surface area contributed by atoms with Crippen molar-refractivity contribution >= 4 is 11.4 Å². The number of hydrogen-bond donors (Lipinski definition) is 2. The molecule has 16 heavy (non-hydrogen) atoms. The molecule has 1 heterocycles. The molecule has 0 amide bonds. The van der Waals surface area contributed by atoms with Gasteiger partial charge in [0.05, 0.1) is 11.4 Å². The molecule has 88 valence electrons. The van der Waals surface area contributed by atoms with Gasteiger partial charge in [-0.1, -0.05) is 27.7 Å². The molecule has 2 rings (SSSR count). The molecule has 0 saturated heterocycles. The van der Waals surface area contributed by atoms with Crippen molar-refractivity contribution in [1.29, 1.82) is 0 Å².